The van der Waals surface area contributed by atoms with Crippen molar-refractivity contribution in [1.82, 2.24) is 15.0 Å². The number of fused-ring (bicyclic) bond motifs is 3. The average molecular weight is 414 g/mol. The van der Waals surface area contributed by atoms with Gasteiger partial charge in [-0.05, 0) is 5.56 Å². The molecule has 0 bridgehead atoms. The molecule has 0 saturated carbocycles. The summed E-state index contributed by atoms with van der Waals surface area (Å²) in [6, 6.07) is 3.54. The summed E-state index contributed by atoms with van der Waals surface area (Å²) in [4.78, 5) is 10.7. The SMILES string of the molecule is COc1nc(NS(=O)(=O)c2c[nH]c3c4c(ccc23)COC4)ncc1CC(F)F.[HH].[HH]. The van der Waals surface area contributed by atoms with Crippen LogP contribution in [-0.2, 0) is 34.4 Å². The first-order chi connectivity index (χ1) is 13.4. The molecule has 28 heavy (non-hydrogen) atoms. The van der Waals surface area contributed by atoms with E-state index in [0.717, 1.165) is 17.3 Å². The highest BCUT2D eigenvalue weighted by molar-refractivity contribution is 7.93. The van der Waals surface area contributed by atoms with Crippen LogP contribution in [0.1, 0.15) is 19.5 Å². The number of halogens is 2. The number of benzene rings is 1. The van der Waals surface area contributed by atoms with E-state index in [1.165, 1.54) is 13.3 Å². The second-order valence-corrected chi connectivity index (χ2v) is 7.85. The van der Waals surface area contributed by atoms with E-state index in [1.807, 2.05) is 6.07 Å². The minimum Gasteiger partial charge on any atom is -0.481 e. The molecular formula is C17H20F2N4O4S. The lowest BCUT2D eigenvalue weighted by atomic mass is 10.1. The number of hydrogen-bond acceptors (Lipinski definition) is 6. The Balaban J connectivity index is 0.00000160. The zero-order chi connectivity index (χ0) is 19.9. The number of methoxy groups -OCH3 is 1. The van der Waals surface area contributed by atoms with Gasteiger partial charge in [-0.3, -0.25) is 0 Å². The number of ether oxygens (including phenoxy) is 2. The fourth-order valence-electron chi connectivity index (χ4n) is 3.16. The topological polar surface area (TPSA) is 106 Å². The Morgan fingerprint density at radius 3 is 2.96 bits per heavy atom. The Labute approximate surface area is 161 Å². The first kappa shape index (κ1) is 18.6. The molecule has 0 unspecified atom stereocenters. The van der Waals surface area contributed by atoms with Gasteiger partial charge in [0.25, 0.3) is 10.0 Å². The van der Waals surface area contributed by atoms with E-state index in [2.05, 4.69) is 19.7 Å². The number of H-pyrrole nitrogens is 1. The molecule has 0 atom stereocenters. The van der Waals surface area contributed by atoms with Gasteiger partial charge in [-0.2, -0.15) is 4.98 Å². The molecule has 3 aromatic rings. The third-order valence-corrected chi connectivity index (χ3v) is 5.80. The normalized spacial score (nSPS) is 13.9. The molecule has 4 rings (SSSR count). The Bertz CT molecular complexity index is 1160. The molecule has 1 aliphatic heterocycles. The average Bonchev–Trinajstić information content (AvgIpc) is 3.28. The quantitative estimate of drug-likeness (QED) is 0.642. The maximum atomic E-state index is 12.8. The molecule has 1 aliphatic rings. The lowest BCUT2D eigenvalue weighted by Gasteiger charge is -2.10. The van der Waals surface area contributed by atoms with Crippen LogP contribution in [0.25, 0.3) is 10.9 Å². The van der Waals surface area contributed by atoms with Crippen molar-refractivity contribution in [2.24, 2.45) is 0 Å². The first-order valence-electron chi connectivity index (χ1n) is 8.29. The van der Waals surface area contributed by atoms with E-state index in [-0.39, 0.29) is 25.1 Å². The number of nitrogens with one attached hydrogen (secondary N) is 2. The summed E-state index contributed by atoms with van der Waals surface area (Å²) in [6.07, 6.45) is -0.688. The summed E-state index contributed by atoms with van der Waals surface area (Å²) in [7, 11) is -2.76. The lowest BCUT2D eigenvalue weighted by Crippen LogP contribution is -2.15. The Morgan fingerprint density at radius 2 is 2.21 bits per heavy atom. The van der Waals surface area contributed by atoms with Gasteiger partial charge in [-0.1, -0.05) is 12.1 Å². The van der Waals surface area contributed by atoms with Crippen molar-refractivity contribution >= 4 is 26.9 Å². The van der Waals surface area contributed by atoms with Crippen LogP contribution < -0.4 is 9.46 Å². The van der Waals surface area contributed by atoms with Gasteiger partial charge in [-0.25, -0.2) is 26.9 Å². The maximum absolute atomic E-state index is 12.8. The molecule has 11 heteroatoms. The Kier molecular flexibility index (Phi) is 4.63. The third-order valence-electron chi connectivity index (χ3n) is 4.43. The van der Waals surface area contributed by atoms with Gasteiger partial charge in [0.15, 0.2) is 0 Å². The number of hydrogen-bond donors (Lipinski definition) is 2. The molecule has 0 amide bonds. The van der Waals surface area contributed by atoms with Crippen molar-refractivity contribution in [3.8, 4) is 5.88 Å². The predicted molar refractivity (Wildman–Crippen MR) is 100 cm³/mol. The van der Waals surface area contributed by atoms with E-state index in [0.29, 0.717) is 24.1 Å². The van der Waals surface area contributed by atoms with Crippen LogP contribution in [0.3, 0.4) is 0 Å². The van der Waals surface area contributed by atoms with Crippen molar-refractivity contribution in [3.05, 3.63) is 41.2 Å². The van der Waals surface area contributed by atoms with Crippen molar-refractivity contribution in [2.45, 2.75) is 31.0 Å². The van der Waals surface area contributed by atoms with Crippen LogP contribution in [0, 0.1) is 0 Å². The van der Waals surface area contributed by atoms with E-state index in [4.69, 9.17) is 9.47 Å². The molecule has 2 aromatic heterocycles. The highest BCUT2D eigenvalue weighted by atomic mass is 32.2. The molecule has 0 saturated heterocycles. The minimum absolute atomic E-state index is 0. The van der Waals surface area contributed by atoms with Crippen LogP contribution in [-0.4, -0.2) is 36.9 Å². The predicted octanol–water partition coefficient (Wildman–Crippen LogP) is 3.10. The summed E-state index contributed by atoms with van der Waals surface area (Å²) < 4.78 is 63.5. The fourth-order valence-corrected chi connectivity index (χ4v) is 4.28. The minimum atomic E-state index is -4.03. The number of sulfonamides is 1. The molecule has 0 fully saturated rings. The summed E-state index contributed by atoms with van der Waals surface area (Å²) in [5.74, 6) is -0.379. The van der Waals surface area contributed by atoms with Gasteiger partial charge in [0.2, 0.25) is 18.3 Å². The fraction of sp³-hybridized carbons (Fsp3) is 0.294. The van der Waals surface area contributed by atoms with E-state index in [9.17, 15) is 17.2 Å². The number of nitrogens with zero attached hydrogens (tertiary/aromatic N) is 2. The molecule has 152 valence electrons. The molecule has 1 aromatic carbocycles. The van der Waals surface area contributed by atoms with Crippen LogP contribution in [0.5, 0.6) is 5.88 Å². The van der Waals surface area contributed by atoms with E-state index < -0.39 is 22.9 Å². The van der Waals surface area contributed by atoms with Crippen molar-refractivity contribution < 1.29 is 29.5 Å². The zero-order valence-electron chi connectivity index (χ0n) is 14.7. The highest BCUT2D eigenvalue weighted by Crippen LogP contribution is 2.32. The maximum Gasteiger partial charge on any atom is 0.266 e. The summed E-state index contributed by atoms with van der Waals surface area (Å²) in [5, 5.41) is 0.512. The van der Waals surface area contributed by atoms with Crippen molar-refractivity contribution in [1.29, 1.82) is 0 Å². The van der Waals surface area contributed by atoms with Crippen LogP contribution >= 0.6 is 0 Å². The number of alkyl halides is 2. The Hall–Kier alpha value is -2.79. The molecule has 0 spiro atoms. The van der Waals surface area contributed by atoms with Crippen LogP contribution in [0.2, 0.25) is 0 Å². The van der Waals surface area contributed by atoms with E-state index in [1.54, 1.807) is 6.07 Å². The molecule has 3 heterocycles. The highest BCUT2D eigenvalue weighted by Gasteiger charge is 2.24. The van der Waals surface area contributed by atoms with Gasteiger partial charge >= 0.3 is 0 Å². The molecule has 0 radical (unpaired) electrons. The van der Waals surface area contributed by atoms with Crippen LogP contribution in [0.15, 0.2) is 29.4 Å². The lowest BCUT2D eigenvalue weighted by molar-refractivity contribution is 0.135. The number of rotatable bonds is 6. The number of aromatic nitrogens is 3. The summed E-state index contributed by atoms with van der Waals surface area (Å²) in [6.45, 7) is 0.898. The smallest absolute Gasteiger partial charge is 0.266 e. The second-order valence-electron chi connectivity index (χ2n) is 6.20. The second kappa shape index (κ2) is 6.99. The largest absolute Gasteiger partial charge is 0.481 e. The van der Waals surface area contributed by atoms with Gasteiger partial charge in [-0.15, -0.1) is 0 Å². The van der Waals surface area contributed by atoms with Crippen molar-refractivity contribution in [2.75, 3.05) is 11.8 Å². The van der Waals surface area contributed by atoms with Gasteiger partial charge < -0.3 is 14.5 Å². The van der Waals surface area contributed by atoms with E-state index >= 15 is 0 Å². The third kappa shape index (κ3) is 3.27. The first-order valence-corrected chi connectivity index (χ1v) is 9.78. The number of anilines is 1. The van der Waals surface area contributed by atoms with Gasteiger partial charge in [0, 0.05) is 38.2 Å². The monoisotopic (exact) mass is 414 g/mol. The Morgan fingerprint density at radius 1 is 1.39 bits per heavy atom. The summed E-state index contributed by atoms with van der Waals surface area (Å²) in [5.41, 5.74) is 2.71. The van der Waals surface area contributed by atoms with Gasteiger partial charge in [0.05, 0.1) is 25.8 Å². The molecule has 2 N–H and O–H groups in total. The molecule has 8 nitrogen and oxygen atoms in total. The standard InChI is InChI=1S/C17H16F2N4O4S.2H2/c1-26-16-10(4-14(18)19)5-21-17(22-16)23-28(24,25)13-6-20-15-11(13)3-2-9-7-27-8-12(9)15;;/h2-3,5-6,14,20H,4,7-8H2,1H3,(H,21,22,23);2*1H. The molecule has 0 aliphatic carbocycles. The summed E-state index contributed by atoms with van der Waals surface area (Å²) >= 11 is 0. The zero-order valence-corrected chi connectivity index (χ0v) is 15.5. The molecular weight excluding hydrogens is 394 g/mol. The van der Waals surface area contributed by atoms with Crippen molar-refractivity contribution in [3.63, 3.8) is 0 Å². The number of aromatic amines is 1. The van der Waals surface area contributed by atoms with Crippen LogP contribution in [0.4, 0.5) is 14.7 Å². The van der Waals surface area contributed by atoms with Gasteiger partial charge in [0.1, 0.15) is 4.90 Å².